The predicted molar refractivity (Wildman–Crippen MR) is 59.2 cm³/mol. The molecule has 0 saturated heterocycles. The van der Waals surface area contributed by atoms with Gasteiger partial charge in [0.1, 0.15) is 5.60 Å². The zero-order valence-corrected chi connectivity index (χ0v) is 9.64. The number of rotatable bonds is 2. The maximum atomic E-state index is 12.1. The molecule has 0 bridgehead atoms. The van der Waals surface area contributed by atoms with Gasteiger partial charge < -0.3 is 5.11 Å². The molecule has 0 aromatic carbocycles. The summed E-state index contributed by atoms with van der Waals surface area (Å²) in [6.07, 6.45) is 4.21. The molecule has 0 aliphatic heterocycles. The summed E-state index contributed by atoms with van der Waals surface area (Å²) >= 11 is 1.19. The Kier molecular flexibility index (Phi) is 2.89. The van der Waals surface area contributed by atoms with Crippen LogP contribution in [0.15, 0.2) is 6.07 Å². The topological polar surface area (TPSA) is 50.2 Å². The second kappa shape index (κ2) is 4.02. The number of aromatic nitrogens is 1. The molecule has 0 unspecified atom stereocenters. The van der Waals surface area contributed by atoms with Crippen LogP contribution in [0.5, 0.6) is 0 Å². The molecule has 1 aromatic rings. The van der Waals surface area contributed by atoms with Crippen molar-refractivity contribution in [2.75, 3.05) is 0 Å². The lowest BCUT2D eigenvalue weighted by atomic mass is 9.81. The number of aliphatic hydroxyl groups is 1. The fourth-order valence-electron chi connectivity index (χ4n) is 2.06. The minimum Gasteiger partial charge on any atom is -0.382 e. The van der Waals surface area contributed by atoms with Gasteiger partial charge in [-0.05, 0) is 37.4 Å². The first-order valence-electron chi connectivity index (χ1n) is 5.32. The van der Waals surface area contributed by atoms with Crippen molar-refractivity contribution in [3.8, 4) is 0 Å². The SMILES string of the molecule is Cc1cc(C(=O)C2(O)CCCCC2)sn1. The monoisotopic (exact) mass is 225 g/mol. The summed E-state index contributed by atoms with van der Waals surface area (Å²) in [6, 6.07) is 1.76. The molecule has 1 aromatic heterocycles. The van der Waals surface area contributed by atoms with E-state index in [-0.39, 0.29) is 5.78 Å². The number of nitrogens with zero attached hydrogens (tertiary/aromatic N) is 1. The average Bonchev–Trinajstić information content (AvgIpc) is 2.65. The number of ketones is 1. The van der Waals surface area contributed by atoms with E-state index in [2.05, 4.69) is 4.37 Å². The van der Waals surface area contributed by atoms with Gasteiger partial charge in [0.15, 0.2) is 0 Å². The number of carbonyl (C=O) groups excluding carboxylic acids is 1. The summed E-state index contributed by atoms with van der Waals surface area (Å²) in [5.74, 6) is -0.132. The maximum absolute atomic E-state index is 12.1. The standard InChI is InChI=1S/C11H15NO2S/c1-8-7-9(15-12-8)10(13)11(14)5-3-2-4-6-11/h7,14H,2-6H2,1H3. The summed E-state index contributed by atoms with van der Waals surface area (Å²) < 4.78 is 4.07. The molecule has 1 saturated carbocycles. The quantitative estimate of drug-likeness (QED) is 0.786. The summed E-state index contributed by atoms with van der Waals surface area (Å²) in [5.41, 5.74) is -0.264. The molecular weight excluding hydrogens is 210 g/mol. The van der Waals surface area contributed by atoms with Crippen molar-refractivity contribution in [1.82, 2.24) is 4.37 Å². The molecule has 0 atom stereocenters. The largest absolute Gasteiger partial charge is 0.382 e. The molecule has 1 heterocycles. The Morgan fingerprint density at radius 3 is 2.67 bits per heavy atom. The van der Waals surface area contributed by atoms with Crippen LogP contribution in [0, 0.1) is 6.92 Å². The normalized spacial score (nSPS) is 20.1. The molecule has 1 N–H and O–H groups in total. The second-order valence-electron chi connectivity index (χ2n) is 4.25. The van der Waals surface area contributed by atoms with E-state index in [1.165, 1.54) is 11.5 Å². The molecule has 1 fully saturated rings. The molecule has 1 aliphatic carbocycles. The Morgan fingerprint density at radius 1 is 1.47 bits per heavy atom. The van der Waals surface area contributed by atoms with Crippen molar-refractivity contribution in [1.29, 1.82) is 0 Å². The minimum absolute atomic E-state index is 0.132. The zero-order chi connectivity index (χ0) is 10.9. The van der Waals surface area contributed by atoms with Crippen molar-refractivity contribution >= 4 is 17.3 Å². The number of Topliss-reactive ketones (excluding diaryl/α,β-unsaturated/α-hetero) is 1. The Bertz CT molecular complexity index is 366. The van der Waals surface area contributed by atoms with Crippen LogP contribution >= 0.6 is 11.5 Å². The van der Waals surface area contributed by atoms with Gasteiger partial charge in [-0.25, -0.2) is 0 Å². The van der Waals surface area contributed by atoms with E-state index in [4.69, 9.17) is 0 Å². The van der Waals surface area contributed by atoms with Crippen molar-refractivity contribution in [2.24, 2.45) is 0 Å². The lowest BCUT2D eigenvalue weighted by molar-refractivity contribution is 0.0120. The van der Waals surface area contributed by atoms with Crippen LogP contribution in [0.2, 0.25) is 0 Å². The minimum atomic E-state index is -1.11. The van der Waals surface area contributed by atoms with E-state index in [0.29, 0.717) is 17.7 Å². The van der Waals surface area contributed by atoms with E-state index in [0.717, 1.165) is 25.0 Å². The van der Waals surface area contributed by atoms with E-state index < -0.39 is 5.60 Å². The molecule has 2 rings (SSSR count). The highest BCUT2D eigenvalue weighted by Gasteiger charge is 2.38. The lowest BCUT2D eigenvalue weighted by Gasteiger charge is -2.29. The average molecular weight is 225 g/mol. The highest BCUT2D eigenvalue weighted by Crippen LogP contribution is 2.32. The molecule has 15 heavy (non-hydrogen) atoms. The van der Waals surface area contributed by atoms with Crippen LogP contribution in [0.4, 0.5) is 0 Å². The first-order valence-corrected chi connectivity index (χ1v) is 6.10. The fraction of sp³-hybridized carbons (Fsp3) is 0.636. The van der Waals surface area contributed by atoms with Crippen molar-refractivity contribution in [3.63, 3.8) is 0 Å². The Hall–Kier alpha value is -0.740. The van der Waals surface area contributed by atoms with Gasteiger partial charge in [0, 0.05) is 0 Å². The number of hydrogen-bond acceptors (Lipinski definition) is 4. The third-order valence-corrected chi connectivity index (χ3v) is 3.83. The van der Waals surface area contributed by atoms with Gasteiger partial charge in [-0.2, -0.15) is 4.37 Å². The van der Waals surface area contributed by atoms with Crippen LogP contribution in [-0.2, 0) is 0 Å². The third kappa shape index (κ3) is 2.11. The first-order chi connectivity index (χ1) is 7.12. The Labute approximate surface area is 93.3 Å². The highest BCUT2D eigenvalue weighted by atomic mass is 32.1. The van der Waals surface area contributed by atoms with E-state index in [9.17, 15) is 9.90 Å². The molecule has 82 valence electrons. The van der Waals surface area contributed by atoms with Crippen LogP contribution in [0.3, 0.4) is 0 Å². The molecular formula is C11H15NO2S. The van der Waals surface area contributed by atoms with Gasteiger partial charge in [-0.1, -0.05) is 19.3 Å². The molecule has 0 amide bonds. The first kappa shape index (κ1) is 10.8. The summed E-state index contributed by atoms with van der Waals surface area (Å²) in [7, 11) is 0. The lowest BCUT2D eigenvalue weighted by Crippen LogP contribution is -2.40. The number of hydrogen-bond donors (Lipinski definition) is 1. The summed E-state index contributed by atoms with van der Waals surface area (Å²) in [6.45, 7) is 1.86. The van der Waals surface area contributed by atoms with E-state index in [1.54, 1.807) is 6.07 Å². The molecule has 0 radical (unpaired) electrons. The Balaban J connectivity index is 2.19. The van der Waals surface area contributed by atoms with Gasteiger partial charge in [-0.15, -0.1) is 0 Å². The second-order valence-corrected chi connectivity index (χ2v) is 5.06. The predicted octanol–water partition coefficient (Wildman–Crippen LogP) is 2.33. The van der Waals surface area contributed by atoms with Gasteiger partial charge in [0.25, 0.3) is 0 Å². The third-order valence-electron chi connectivity index (χ3n) is 2.96. The molecule has 0 spiro atoms. The van der Waals surface area contributed by atoms with E-state index >= 15 is 0 Å². The van der Waals surface area contributed by atoms with Gasteiger partial charge in [0.2, 0.25) is 5.78 Å². The van der Waals surface area contributed by atoms with Crippen LogP contribution in [-0.4, -0.2) is 20.9 Å². The number of carbonyl (C=O) groups is 1. The van der Waals surface area contributed by atoms with Crippen LogP contribution in [0.25, 0.3) is 0 Å². The molecule has 3 nitrogen and oxygen atoms in total. The smallest absolute Gasteiger partial charge is 0.205 e. The van der Waals surface area contributed by atoms with Gasteiger partial charge >= 0.3 is 0 Å². The summed E-state index contributed by atoms with van der Waals surface area (Å²) in [4.78, 5) is 12.6. The summed E-state index contributed by atoms with van der Waals surface area (Å²) in [5, 5.41) is 10.2. The van der Waals surface area contributed by atoms with Crippen LogP contribution < -0.4 is 0 Å². The maximum Gasteiger partial charge on any atom is 0.205 e. The fourth-order valence-corrected chi connectivity index (χ4v) is 2.85. The zero-order valence-electron chi connectivity index (χ0n) is 8.82. The van der Waals surface area contributed by atoms with Gasteiger partial charge in [-0.3, -0.25) is 4.79 Å². The molecule has 4 heteroatoms. The highest BCUT2D eigenvalue weighted by molar-refractivity contribution is 7.08. The number of aryl methyl sites for hydroxylation is 1. The van der Waals surface area contributed by atoms with E-state index in [1.807, 2.05) is 6.92 Å². The van der Waals surface area contributed by atoms with Crippen molar-refractivity contribution in [3.05, 3.63) is 16.6 Å². The van der Waals surface area contributed by atoms with Crippen molar-refractivity contribution < 1.29 is 9.90 Å². The Morgan fingerprint density at radius 2 is 2.13 bits per heavy atom. The van der Waals surface area contributed by atoms with Crippen molar-refractivity contribution in [2.45, 2.75) is 44.6 Å². The molecule has 1 aliphatic rings. The van der Waals surface area contributed by atoms with Crippen LogP contribution in [0.1, 0.15) is 47.5 Å². The van der Waals surface area contributed by atoms with Gasteiger partial charge in [0.05, 0.1) is 10.6 Å².